The fraction of sp³-hybridized carbons (Fsp3) is 0.400. The summed E-state index contributed by atoms with van der Waals surface area (Å²) < 4.78 is 114. The van der Waals surface area contributed by atoms with Crippen LogP contribution in [0.2, 0.25) is 0 Å². The van der Waals surface area contributed by atoms with E-state index in [1.54, 1.807) is 116 Å². The van der Waals surface area contributed by atoms with Crippen LogP contribution in [-0.4, -0.2) is 163 Å². The SMILES string of the molecule is C=C(C)c1ccc(OCOC)c(C(C)(C)C)c1.C=C(C)c1ccc(OCOC)c(C(C)(C)CC)c1.C=C(C)c1ccc(OCOC)c(C(C)C)c1.C=C(C)c1ccc(OCOC)c(CC)c1.C=Cc1ccc(OCOC)c(C(=O)OC)c1.C=Cc1ccc(OCOC)c(C(C)=O)c1.C=Cc1ccc(OCOC)c(OC(C)=O)c1.C=Cc1ccc(OCOC)c(OCCCCC)c1.C=Cc1ccc(OCOC)c(OCCCCCC)c1. The number of carbonyl (C=O) groups excluding carboxylic acids is 3. The maximum Gasteiger partial charge on any atom is 0.341 e. The number of rotatable bonds is 54. The van der Waals surface area contributed by atoms with Crippen LogP contribution in [0.15, 0.2) is 223 Å². The third-order valence-electron chi connectivity index (χ3n) is 21.8. The number of hydrogen-bond donors (Lipinski definition) is 0. The second kappa shape index (κ2) is 78.0. The maximum atomic E-state index is 11.5. The number of unbranched alkanes of at least 4 members (excludes halogenated alkanes) is 5. The van der Waals surface area contributed by atoms with E-state index in [0.29, 0.717) is 71.5 Å². The number of benzene rings is 9. The van der Waals surface area contributed by atoms with Crippen LogP contribution in [0, 0.1) is 0 Å². The van der Waals surface area contributed by atoms with E-state index in [1.165, 1.54) is 96.6 Å². The average molecular weight is 2070 g/mol. The van der Waals surface area contributed by atoms with E-state index in [2.05, 4.69) is 164 Å². The van der Waals surface area contributed by atoms with E-state index in [9.17, 15) is 14.4 Å². The number of allylic oxidation sites excluding steroid dienone is 4. The molecule has 0 aliphatic carbocycles. The zero-order valence-electron chi connectivity index (χ0n) is 94.8. The fourth-order valence-corrected chi connectivity index (χ4v) is 13.1. The second-order valence-corrected chi connectivity index (χ2v) is 35.8. The first kappa shape index (κ1) is 135. The lowest BCUT2D eigenvalue weighted by Gasteiger charge is -2.26. The van der Waals surface area contributed by atoms with Crippen LogP contribution in [0.25, 0.3) is 52.7 Å². The first-order chi connectivity index (χ1) is 71.7. The van der Waals surface area contributed by atoms with Gasteiger partial charge in [0, 0.05) is 82.0 Å². The van der Waals surface area contributed by atoms with Crippen molar-refractivity contribution in [1.82, 2.24) is 0 Å². The second-order valence-electron chi connectivity index (χ2n) is 35.8. The molecule has 0 amide bonds. The summed E-state index contributed by atoms with van der Waals surface area (Å²) in [6.45, 7) is 72.4. The predicted molar refractivity (Wildman–Crippen MR) is 613 cm³/mol. The van der Waals surface area contributed by atoms with Gasteiger partial charge in [-0.2, -0.15) is 0 Å². The van der Waals surface area contributed by atoms with E-state index in [0.717, 1.165) is 133 Å². The largest absolute Gasteiger partial charge is 0.490 e. The summed E-state index contributed by atoms with van der Waals surface area (Å²) in [5.74, 6) is 7.81. The van der Waals surface area contributed by atoms with Gasteiger partial charge in [-0.25, -0.2) is 4.79 Å². The van der Waals surface area contributed by atoms with Crippen LogP contribution in [0.4, 0.5) is 0 Å². The number of ether oxygens (including phenoxy) is 22. The van der Waals surface area contributed by atoms with E-state index in [-0.39, 0.29) is 71.0 Å². The molecular weight excluding hydrogens is 1900 g/mol. The summed E-state index contributed by atoms with van der Waals surface area (Å²) in [6, 6.07) is 51.8. The Labute approximate surface area is 897 Å². The van der Waals surface area contributed by atoms with E-state index < -0.39 is 11.9 Å². The Balaban J connectivity index is 0.000000845. The van der Waals surface area contributed by atoms with E-state index in [1.807, 2.05) is 125 Å². The van der Waals surface area contributed by atoms with Gasteiger partial charge in [0.25, 0.3) is 0 Å². The standard InChI is InChI=1S/C16H24O3.C16H24O2.C15H22O3.C15H22O2.C14H20O2.C13H18O2.2C12H14O4.C12H14O3/c1-4-6-7-8-11-18-16-12-14(5-2)9-10-15(16)19-13-17-3;1-7-16(4,5)14-10-13(12(2)3)8-9-15(14)18-11-17-6;1-4-6-7-10-17-15-11-13(5-2)8-9-14(15)18-12-16-3;1-11(2)12-7-8-14(17-10-16-6)13(9-12)15(3,4)5;1-10(2)12-6-7-14(16-9-15-5)13(8-12)11(3)4;1-5-11-8-12(10(2)3)6-7-13(11)15-9-14-4;1-4-9-5-6-11(16-8-14-2)10(7-9)12(13)15-3;1-4-10-5-6-11(15-8-14-3)12(7-10)16-9(2)13;1-4-10-5-6-12(15-8-14-3)11(7-10)9(2)13/h5,9-10,12H,2,4,6-8,11,13H2,1,3H3;8-10H,2,7,11H2,1,3-6H3;5,8-9,11H,2,4,6-7,10,12H2,1,3H3;7-9H,1,10H2,2-6H3;6-8,11H,1,9H2,2-5H3;6-8H,2,5,9H2,1,3-4H3;2*4-7H,1,8H2,2-3H3;4-7H,1,8H2,2-3H3. The molecule has 0 atom stereocenters. The minimum atomic E-state index is -0.449. The minimum Gasteiger partial charge on any atom is -0.490 e. The van der Waals surface area contributed by atoms with Crippen molar-refractivity contribution >= 4 is 70.4 Å². The molecule has 0 N–H and O–H groups in total. The molecule has 0 aromatic heterocycles. The summed E-state index contributed by atoms with van der Waals surface area (Å²) in [5.41, 5.74) is 19.3. The van der Waals surface area contributed by atoms with Gasteiger partial charge < -0.3 is 104 Å². The fourth-order valence-electron chi connectivity index (χ4n) is 13.1. The van der Waals surface area contributed by atoms with E-state index in [4.69, 9.17) is 99.5 Å². The molecule has 9 aromatic rings. The summed E-state index contributed by atoms with van der Waals surface area (Å²) in [6.07, 6.45) is 18.7. The third kappa shape index (κ3) is 52.7. The molecule has 0 aliphatic heterocycles. The number of methoxy groups -OCH3 is 10. The zero-order chi connectivity index (χ0) is 113. The Kier molecular flexibility index (Phi) is 70.0. The smallest absolute Gasteiger partial charge is 0.341 e. The highest BCUT2D eigenvalue weighted by atomic mass is 16.7. The van der Waals surface area contributed by atoms with Crippen molar-refractivity contribution in [1.29, 1.82) is 0 Å². The molecule has 9 aromatic carbocycles. The first-order valence-corrected chi connectivity index (χ1v) is 49.8. The molecule has 0 saturated carbocycles. The molecule has 0 saturated heterocycles. The topological polar surface area (TPSA) is 254 Å². The molecule has 25 nitrogen and oxygen atoms in total. The quantitative estimate of drug-likeness (QED) is 0.0113. The molecule has 150 heavy (non-hydrogen) atoms. The zero-order valence-corrected chi connectivity index (χ0v) is 94.8. The van der Waals surface area contributed by atoms with Crippen LogP contribution in [0.5, 0.6) is 69.0 Å². The van der Waals surface area contributed by atoms with Crippen LogP contribution in [0.3, 0.4) is 0 Å². The van der Waals surface area contributed by atoms with Gasteiger partial charge in [-0.15, -0.1) is 0 Å². The average Bonchev–Trinajstić information content (AvgIpc) is 0.802. The number of esters is 2. The van der Waals surface area contributed by atoms with Gasteiger partial charge in [-0.1, -0.05) is 275 Å². The number of hydrogen-bond acceptors (Lipinski definition) is 25. The molecule has 9 rings (SSSR count). The highest BCUT2D eigenvalue weighted by Gasteiger charge is 2.25. The summed E-state index contributed by atoms with van der Waals surface area (Å²) in [5, 5.41) is 0. The van der Waals surface area contributed by atoms with Crippen molar-refractivity contribution in [2.75, 3.05) is 145 Å². The number of ketones is 1. The Morgan fingerprint density at radius 2 is 0.600 bits per heavy atom. The molecule has 822 valence electrons. The Hall–Kier alpha value is -13.3. The first-order valence-electron chi connectivity index (χ1n) is 49.8. The molecule has 0 heterocycles. The lowest BCUT2D eigenvalue weighted by molar-refractivity contribution is -0.132. The molecule has 0 fully saturated rings. The van der Waals surface area contributed by atoms with Gasteiger partial charge >= 0.3 is 11.9 Å². The van der Waals surface area contributed by atoms with Crippen molar-refractivity contribution in [3.8, 4) is 69.0 Å². The van der Waals surface area contributed by atoms with Gasteiger partial charge in [0.05, 0.1) is 25.9 Å². The van der Waals surface area contributed by atoms with Crippen LogP contribution < -0.4 is 56.8 Å². The molecule has 25 heteroatoms. The van der Waals surface area contributed by atoms with Crippen molar-refractivity contribution in [3.05, 3.63) is 306 Å². The third-order valence-corrected chi connectivity index (χ3v) is 21.8. The summed E-state index contributed by atoms with van der Waals surface area (Å²) >= 11 is 0. The predicted octanol–water partition coefficient (Wildman–Crippen LogP) is 30.5. The highest BCUT2D eigenvalue weighted by Crippen LogP contribution is 2.39. The van der Waals surface area contributed by atoms with Crippen LogP contribution >= 0.6 is 0 Å². The Morgan fingerprint density at radius 3 is 0.947 bits per heavy atom. The number of aryl methyl sites for hydroxylation is 1. The summed E-state index contributed by atoms with van der Waals surface area (Å²) in [7, 11) is 15.6. The molecular formula is C125H172O25. The highest BCUT2D eigenvalue weighted by molar-refractivity contribution is 5.97. The van der Waals surface area contributed by atoms with Gasteiger partial charge in [-0.3, -0.25) is 9.59 Å². The Bertz CT molecular complexity index is 5540. The van der Waals surface area contributed by atoms with Crippen molar-refractivity contribution in [2.24, 2.45) is 0 Å². The van der Waals surface area contributed by atoms with Crippen molar-refractivity contribution < 1.29 is 119 Å². The van der Waals surface area contributed by atoms with Gasteiger partial charge in [-0.05, 0) is 247 Å². The van der Waals surface area contributed by atoms with Gasteiger partial charge in [0.15, 0.2) is 101 Å². The maximum absolute atomic E-state index is 11.5. The lowest BCUT2D eigenvalue weighted by Crippen LogP contribution is -2.18. The molecule has 0 spiro atoms. The van der Waals surface area contributed by atoms with Gasteiger partial charge in [0.1, 0.15) is 40.1 Å². The molecule has 0 bridgehead atoms. The molecule has 0 aliphatic rings. The Morgan fingerprint density at radius 1 is 0.307 bits per heavy atom. The van der Waals surface area contributed by atoms with Crippen LogP contribution in [0.1, 0.15) is 268 Å². The summed E-state index contributed by atoms with van der Waals surface area (Å²) in [4.78, 5) is 33.7. The van der Waals surface area contributed by atoms with Crippen molar-refractivity contribution in [3.63, 3.8) is 0 Å². The number of carbonyl (C=O) groups is 3. The lowest BCUT2D eigenvalue weighted by atomic mass is 9.80. The van der Waals surface area contributed by atoms with Crippen molar-refractivity contribution in [2.45, 2.75) is 192 Å². The van der Waals surface area contributed by atoms with E-state index >= 15 is 0 Å². The normalized spacial score (nSPS) is 10.3. The monoisotopic (exact) mass is 2070 g/mol. The van der Waals surface area contributed by atoms with Gasteiger partial charge in [0.2, 0.25) is 0 Å². The number of Topliss-reactive ketones (excluding diaryl/α,β-unsaturated/α-hetero) is 1. The molecule has 0 radical (unpaired) electrons. The molecule has 0 unspecified atom stereocenters. The minimum absolute atomic E-state index is 0.0362. The van der Waals surface area contributed by atoms with Crippen LogP contribution in [-0.2, 0) is 69.4 Å².